The van der Waals surface area contributed by atoms with E-state index < -0.39 is 0 Å². The maximum absolute atomic E-state index is 12.8. The van der Waals surface area contributed by atoms with E-state index in [9.17, 15) is 4.79 Å². The van der Waals surface area contributed by atoms with Gasteiger partial charge in [-0.15, -0.1) is 10.2 Å². The molecule has 2 heterocycles. The Morgan fingerprint density at radius 3 is 2.74 bits per heavy atom. The van der Waals surface area contributed by atoms with Gasteiger partial charge in [-0.2, -0.15) is 0 Å². The molecule has 0 aliphatic carbocycles. The maximum atomic E-state index is 12.8. The van der Waals surface area contributed by atoms with Crippen molar-refractivity contribution < 1.29 is 9.53 Å². The van der Waals surface area contributed by atoms with E-state index >= 15 is 0 Å². The molecule has 3 rings (SSSR count). The molecule has 0 aliphatic heterocycles. The zero-order chi connectivity index (χ0) is 19.6. The van der Waals surface area contributed by atoms with E-state index in [0.29, 0.717) is 16.6 Å². The Balaban J connectivity index is 1.85. The Bertz CT molecular complexity index is 959. The van der Waals surface area contributed by atoms with Crippen LogP contribution in [0.3, 0.4) is 0 Å². The fourth-order valence-electron chi connectivity index (χ4n) is 3.04. The van der Waals surface area contributed by atoms with Gasteiger partial charge < -0.3 is 9.30 Å². The molecule has 142 valence electrons. The molecule has 0 aliphatic rings. The van der Waals surface area contributed by atoms with Crippen LogP contribution in [-0.2, 0) is 6.42 Å². The van der Waals surface area contributed by atoms with Crippen molar-refractivity contribution in [2.24, 2.45) is 5.92 Å². The first-order valence-electron chi connectivity index (χ1n) is 8.86. The van der Waals surface area contributed by atoms with Gasteiger partial charge in [-0.3, -0.25) is 10.1 Å². The molecule has 1 amide bonds. The van der Waals surface area contributed by atoms with Gasteiger partial charge in [0.15, 0.2) is 0 Å². The Hall–Kier alpha value is -2.67. The number of methoxy groups -OCH3 is 1. The van der Waals surface area contributed by atoms with E-state index in [1.165, 1.54) is 11.3 Å². The minimum Gasteiger partial charge on any atom is -0.497 e. The fourth-order valence-corrected chi connectivity index (χ4v) is 3.99. The van der Waals surface area contributed by atoms with Gasteiger partial charge in [0.1, 0.15) is 10.8 Å². The third kappa shape index (κ3) is 4.19. The number of rotatable bonds is 6. The summed E-state index contributed by atoms with van der Waals surface area (Å²) in [6, 6.07) is 9.66. The average molecular weight is 385 g/mol. The van der Waals surface area contributed by atoms with Crippen LogP contribution in [0.1, 0.15) is 40.6 Å². The predicted molar refractivity (Wildman–Crippen MR) is 108 cm³/mol. The quantitative estimate of drug-likeness (QED) is 0.684. The molecule has 0 fully saturated rings. The number of benzene rings is 1. The first kappa shape index (κ1) is 19.1. The van der Waals surface area contributed by atoms with E-state index in [0.717, 1.165) is 34.3 Å². The minimum absolute atomic E-state index is 0.176. The summed E-state index contributed by atoms with van der Waals surface area (Å²) in [5, 5.41) is 12.6. The Morgan fingerprint density at radius 2 is 2.04 bits per heavy atom. The van der Waals surface area contributed by atoms with Crippen molar-refractivity contribution in [2.75, 3.05) is 12.4 Å². The number of nitrogens with one attached hydrogen (secondary N) is 1. The number of hydrogen-bond acceptors (Lipinski definition) is 5. The van der Waals surface area contributed by atoms with Gasteiger partial charge >= 0.3 is 0 Å². The lowest BCUT2D eigenvalue weighted by atomic mass is 10.1. The summed E-state index contributed by atoms with van der Waals surface area (Å²) in [7, 11) is 1.64. The van der Waals surface area contributed by atoms with Crippen LogP contribution < -0.4 is 10.1 Å². The van der Waals surface area contributed by atoms with E-state index in [-0.39, 0.29) is 5.91 Å². The molecule has 0 spiro atoms. The summed E-state index contributed by atoms with van der Waals surface area (Å²) < 4.78 is 7.36. The van der Waals surface area contributed by atoms with Crippen LogP contribution in [0.4, 0.5) is 5.13 Å². The smallest absolute Gasteiger partial charge is 0.259 e. The van der Waals surface area contributed by atoms with Gasteiger partial charge in [0.2, 0.25) is 5.13 Å². The van der Waals surface area contributed by atoms with Crippen LogP contribution in [0.2, 0.25) is 0 Å². The number of carbonyl (C=O) groups excluding carboxylic acids is 1. The van der Waals surface area contributed by atoms with Gasteiger partial charge in [-0.25, -0.2) is 0 Å². The highest BCUT2D eigenvalue weighted by Gasteiger charge is 2.18. The third-order valence-corrected chi connectivity index (χ3v) is 5.12. The molecule has 0 saturated carbocycles. The molecule has 0 radical (unpaired) electrons. The number of anilines is 1. The number of ether oxygens (including phenoxy) is 1. The van der Waals surface area contributed by atoms with Crippen LogP contribution in [0.15, 0.2) is 30.3 Å². The zero-order valence-electron chi connectivity index (χ0n) is 16.2. The summed E-state index contributed by atoms with van der Waals surface area (Å²) in [6.07, 6.45) is 0.859. The number of aryl methyl sites for hydroxylation is 1. The molecule has 3 aromatic rings. The van der Waals surface area contributed by atoms with Gasteiger partial charge in [0.25, 0.3) is 5.91 Å². The van der Waals surface area contributed by atoms with Crippen molar-refractivity contribution in [1.82, 2.24) is 14.8 Å². The van der Waals surface area contributed by atoms with Gasteiger partial charge in [-0.05, 0) is 38.0 Å². The van der Waals surface area contributed by atoms with Crippen LogP contribution in [0.25, 0.3) is 5.69 Å². The zero-order valence-corrected chi connectivity index (χ0v) is 17.1. The molecule has 0 saturated heterocycles. The molecule has 0 atom stereocenters. The summed E-state index contributed by atoms with van der Waals surface area (Å²) in [6.45, 7) is 8.18. The molecule has 6 nitrogen and oxygen atoms in total. The van der Waals surface area contributed by atoms with Crippen molar-refractivity contribution in [3.63, 3.8) is 0 Å². The predicted octanol–water partition coefficient (Wildman–Crippen LogP) is 4.41. The molecule has 1 aromatic carbocycles. The maximum Gasteiger partial charge on any atom is 0.259 e. The van der Waals surface area contributed by atoms with Crippen molar-refractivity contribution in [3.8, 4) is 11.4 Å². The Morgan fingerprint density at radius 1 is 1.26 bits per heavy atom. The average Bonchev–Trinajstić information content (AvgIpc) is 3.18. The normalized spacial score (nSPS) is 11.0. The molecule has 7 heteroatoms. The molecular weight excluding hydrogens is 360 g/mol. The standard InChI is InChI=1S/C20H24N4O2S/c1-12(2)9-18-22-23-20(27-18)21-19(25)17-10-13(3)24(14(17)4)15-7-6-8-16(11-15)26-5/h6-8,10-12H,9H2,1-5H3,(H,21,23,25). The molecular formula is C20H24N4O2S. The van der Waals surface area contributed by atoms with E-state index in [4.69, 9.17) is 4.74 Å². The SMILES string of the molecule is COc1cccc(-n2c(C)cc(C(=O)Nc3nnc(CC(C)C)s3)c2C)c1. The molecule has 0 unspecified atom stereocenters. The van der Waals surface area contributed by atoms with Crippen molar-refractivity contribution in [2.45, 2.75) is 34.1 Å². The highest BCUT2D eigenvalue weighted by Crippen LogP contribution is 2.25. The highest BCUT2D eigenvalue weighted by molar-refractivity contribution is 7.15. The monoisotopic (exact) mass is 384 g/mol. The topological polar surface area (TPSA) is 69.0 Å². The molecule has 27 heavy (non-hydrogen) atoms. The van der Waals surface area contributed by atoms with Crippen molar-refractivity contribution in [3.05, 3.63) is 52.3 Å². The lowest BCUT2D eigenvalue weighted by molar-refractivity contribution is 0.102. The lowest BCUT2D eigenvalue weighted by Gasteiger charge is -2.11. The molecule has 2 aromatic heterocycles. The first-order valence-corrected chi connectivity index (χ1v) is 9.67. The summed E-state index contributed by atoms with van der Waals surface area (Å²) in [4.78, 5) is 12.8. The van der Waals surface area contributed by atoms with E-state index in [2.05, 4.69) is 29.4 Å². The third-order valence-electron chi connectivity index (χ3n) is 4.26. The number of carbonyl (C=O) groups is 1. The fraction of sp³-hybridized carbons (Fsp3) is 0.350. The van der Waals surface area contributed by atoms with Gasteiger partial charge in [0, 0.05) is 29.6 Å². The number of hydrogen-bond donors (Lipinski definition) is 1. The van der Waals surface area contributed by atoms with Crippen molar-refractivity contribution >= 4 is 22.4 Å². The number of nitrogens with zero attached hydrogens (tertiary/aromatic N) is 3. The minimum atomic E-state index is -0.176. The lowest BCUT2D eigenvalue weighted by Crippen LogP contribution is -2.13. The van der Waals surface area contributed by atoms with Crippen LogP contribution >= 0.6 is 11.3 Å². The molecule has 0 bridgehead atoms. The Kier molecular flexibility index (Phi) is 5.60. The second-order valence-corrected chi connectivity index (χ2v) is 7.94. The number of amides is 1. The second-order valence-electron chi connectivity index (χ2n) is 6.87. The number of aromatic nitrogens is 3. The van der Waals surface area contributed by atoms with Crippen LogP contribution in [-0.4, -0.2) is 27.8 Å². The van der Waals surface area contributed by atoms with Gasteiger partial charge in [0.05, 0.1) is 12.7 Å². The van der Waals surface area contributed by atoms with Crippen LogP contribution in [0, 0.1) is 19.8 Å². The molecule has 1 N–H and O–H groups in total. The first-order chi connectivity index (χ1) is 12.9. The van der Waals surface area contributed by atoms with Crippen LogP contribution in [0.5, 0.6) is 5.75 Å². The largest absolute Gasteiger partial charge is 0.497 e. The van der Waals surface area contributed by atoms with Crippen molar-refractivity contribution in [1.29, 1.82) is 0 Å². The summed E-state index contributed by atoms with van der Waals surface area (Å²) in [5.41, 5.74) is 3.42. The van der Waals surface area contributed by atoms with E-state index in [1.807, 2.05) is 48.7 Å². The summed E-state index contributed by atoms with van der Waals surface area (Å²) >= 11 is 1.42. The van der Waals surface area contributed by atoms with Gasteiger partial charge in [-0.1, -0.05) is 31.3 Å². The second kappa shape index (κ2) is 7.92. The Labute approximate surface area is 163 Å². The summed E-state index contributed by atoms with van der Waals surface area (Å²) in [5.74, 6) is 1.10. The van der Waals surface area contributed by atoms with E-state index in [1.54, 1.807) is 7.11 Å². The highest BCUT2D eigenvalue weighted by atomic mass is 32.1.